The van der Waals surface area contributed by atoms with Crippen molar-refractivity contribution in [1.29, 1.82) is 5.26 Å². The van der Waals surface area contributed by atoms with E-state index < -0.39 is 6.04 Å². The van der Waals surface area contributed by atoms with Crippen LogP contribution in [-0.4, -0.2) is 19.8 Å². The third kappa shape index (κ3) is 3.97. The maximum Gasteiger partial charge on any atom is 0.161 e. The molecule has 0 radical (unpaired) electrons. The van der Waals surface area contributed by atoms with Gasteiger partial charge in [-0.25, -0.2) is 0 Å². The van der Waals surface area contributed by atoms with Gasteiger partial charge >= 0.3 is 0 Å². The van der Waals surface area contributed by atoms with E-state index >= 15 is 0 Å². The number of ether oxygens (including phenoxy) is 2. The van der Waals surface area contributed by atoms with Crippen LogP contribution in [0.3, 0.4) is 0 Å². The Morgan fingerprint density at radius 3 is 2.76 bits per heavy atom. The molecule has 0 aromatic heterocycles. The topological polar surface area (TPSA) is 68.3 Å². The summed E-state index contributed by atoms with van der Waals surface area (Å²) in [5.74, 6) is 1.41. The van der Waals surface area contributed by atoms with E-state index in [0.717, 1.165) is 12.2 Å². The summed E-state index contributed by atoms with van der Waals surface area (Å²) >= 11 is 0. The summed E-state index contributed by atoms with van der Waals surface area (Å²) in [5, 5.41) is 8.55. The van der Waals surface area contributed by atoms with E-state index in [2.05, 4.69) is 6.92 Å². The molecule has 0 spiro atoms. The Morgan fingerprint density at radius 2 is 2.18 bits per heavy atom. The van der Waals surface area contributed by atoms with Gasteiger partial charge in [0.05, 0.1) is 25.8 Å². The highest BCUT2D eigenvalue weighted by molar-refractivity contribution is 5.42. The lowest BCUT2D eigenvalue weighted by molar-refractivity contribution is 0.285. The highest BCUT2D eigenvalue weighted by atomic mass is 16.5. The van der Waals surface area contributed by atoms with Gasteiger partial charge < -0.3 is 15.2 Å². The van der Waals surface area contributed by atoms with Gasteiger partial charge in [-0.3, -0.25) is 0 Å². The Morgan fingerprint density at radius 1 is 1.41 bits per heavy atom. The largest absolute Gasteiger partial charge is 0.493 e. The molecule has 2 N–H and O–H groups in total. The van der Waals surface area contributed by atoms with Gasteiger partial charge in [-0.1, -0.05) is 13.0 Å². The van der Waals surface area contributed by atoms with Crippen LogP contribution in [0.1, 0.15) is 18.9 Å². The monoisotopic (exact) mass is 234 g/mol. The number of methoxy groups -OCH3 is 1. The molecule has 92 valence electrons. The number of nitrogens with two attached hydrogens (primary N) is 1. The quantitative estimate of drug-likeness (QED) is 0.816. The van der Waals surface area contributed by atoms with E-state index in [-0.39, 0.29) is 0 Å². The Labute approximate surface area is 102 Å². The Kier molecular flexibility index (Phi) is 5.31. The normalized spacial score (nSPS) is 11.6. The van der Waals surface area contributed by atoms with Gasteiger partial charge in [-0.05, 0) is 24.1 Å². The SMILES string of the molecule is CCc1ccc(OCCC(N)C#N)c(OC)c1. The second-order valence-corrected chi connectivity index (χ2v) is 3.71. The second kappa shape index (κ2) is 6.77. The molecule has 0 aliphatic heterocycles. The summed E-state index contributed by atoms with van der Waals surface area (Å²) in [6.45, 7) is 2.50. The van der Waals surface area contributed by atoms with E-state index in [4.69, 9.17) is 20.5 Å². The van der Waals surface area contributed by atoms with Gasteiger partial charge in [0, 0.05) is 6.42 Å². The summed E-state index contributed by atoms with van der Waals surface area (Å²) in [7, 11) is 1.61. The van der Waals surface area contributed by atoms with E-state index in [1.807, 2.05) is 24.3 Å². The number of nitrogens with zero attached hydrogens (tertiary/aromatic N) is 1. The lowest BCUT2D eigenvalue weighted by Crippen LogP contribution is -2.20. The maximum absolute atomic E-state index is 8.55. The van der Waals surface area contributed by atoms with Crippen LogP contribution in [0.15, 0.2) is 18.2 Å². The maximum atomic E-state index is 8.55. The molecule has 0 saturated heterocycles. The highest BCUT2D eigenvalue weighted by Crippen LogP contribution is 2.28. The zero-order valence-corrected chi connectivity index (χ0v) is 10.3. The van der Waals surface area contributed by atoms with E-state index in [1.54, 1.807) is 7.11 Å². The standard InChI is InChI=1S/C13H18N2O2/c1-3-10-4-5-12(13(8-10)16-2)17-7-6-11(15)9-14/h4-5,8,11H,3,6-7,15H2,1-2H3. The van der Waals surface area contributed by atoms with Crippen molar-refractivity contribution in [3.8, 4) is 17.6 Å². The van der Waals surface area contributed by atoms with E-state index in [1.165, 1.54) is 5.56 Å². The molecular formula is C13H18N2O2. The van der Waals surface area contributed by atoms with Crippen molar-refractivity contribution in [1.82, 2.24) is 0 Å². The van der Waals surface area contributed by atoms with Crippen molar-refractivity contribution in [2.75, 3.05) is 13.7 Å². The Hall–Kier alpha value is -1.73. The number of hydrogen-bond donors (Lipinski definition) is 1. The fourth-order valence-electron chi connectivity index (χ4n) is 1.41. The number of benzene rings is 1. The Bertz CT molecular complexity index is 399. The van der Waals surface area contributed by atoms with Crippen molar-refractivity contribution < 1.29 is 9.47 Å². The minimum absolute atomic E-state index is 0.413. The first-order valence-electron chi connectivity index (χ1n) is 5.66. The van der Waals surface area contributed by atoms with Crippen molar-refractivity contribution >= 4 is 0 Å². The molecule has 17 heavy (non-hydrogen) atoms. The average molecular weight is 234 g/mol. The fraction of sp³-hybridized carbons (Fsp3) is 0.462. The smallest absolute Gasteiger partial charge is 0.161 e. The highest BCUT2D eigenvalue weighted by Gasteiger charge is 2.06. The fourth-order valence-corrected chi connectivity index (χ4v) is 1.41. The van der Waals surface area contributed by atoms with Gasteiger partial charge in [-0.15, -0.1) is 0 Å². The molecule has 1 aromatic rings. The van der Waals surface area contributed by atoms with Crippen LogP contribution >= 0.6 is 0 Å². The molecule has 1 unspecified atom stereocenters. The molecule has 1 atom stereocenters. The van der Waals surface area contributed by atoms with Crippen molar-refractivity contribution in [3.63, 3.8) is 0 Å². The molecule has 0 aliphatic carbocycles. The summed E-state index contributed by atoms with van der Waals surface area (Å²) in [6.07, 6.45) is 1.46. The first-order valence-corrected chi connectivity index (χ1v) is 5.66. The zero-order chi connectivity index (χ0) is 12.7. The summed E-state index contributed by atoms with van der Waals surface area (Å²) in [5.41, 5.74) is 6.68. The molecule has 0 heterocycles. The van der Waals surface area contributed by atoms with Crippen LogP contribution in [0.2, 0.25) is 0 Å². The summed E-state index contributed by atoms with van der Waals surface area (Å²) < 4.78 is 10.8. The zero-order valence-electron chi connectivity index (χ0n) is 10.3. The number of nitriles is 1. The molecular weight excluding hydrogens is 216 g/mol. The van der Waals surface area contributed by atoms with Gasteiger partial charge in [0.25, 0.3) is 0 Å². The van der Waals surface area contributed by atoms with Crippen LogP contribution in [0.25, 0.3) is 0 Å². The molecule has 4 nitrogen and oxygen atoms in total. The predicted octanol–water partition coefficient (Wildman–Crippen LogP) is 1.88. The minimum Gasteiger partial charge on any atom is -0.493 e. The van der Waals surface area contributed by atoms with Crippen molar-refractivity contribution in [2.24, 2.45) is 5.73 Å². The third-order valence-electron chi connectivity index (χ3n) is 2.49. The van der Waals surface area contributed by atoms with Crippen molar-refractivity contribution in [2.45, 2.75) is 25.8 Å². The second-order valence-electron chi connectivity index (χ2n) is 3.71. The van der Waals surface area contributed by atoms with Crippen LogP contribution in [0, 0.1) is 11.3 Å². The number of aryl methyl sites for hydroxylation is 1. The third-order valence-corrected chi connectivity index (χ3v) is 2.49. The first-order chi connectivity index (χ1) is 8.21. The van der Waals surface area contributed by atoms with Crippen LogP contribution in [0.5, 0.6) is 11.5 Å². The van der Waals surface area contributed by atoms with Crippen molar-refractivity contribution in [3.05, 3.63) is 23.8 Å². The Balaban J connectivity index is 2.62. The summed E-state index contributed by atoms with van der Waals surface area (Å²) in [4.78, 5) is 0. The first kappa shape index (κ1) is 13.3. The van der Waals surface area contributed by atoms with Gasteiger partial charge in [0.2, 0.25) is 0 Å². The lowest BCUT2D eigenvalue weighted by atomic mass is 10.1. The lowest BCUT2D eigenvalue weighted by Gasteiger charge is -2.12. The molecule has 0 amide bonds. The van der Waals surface area contributed by atoms with Crippen LogP contribution < -0.4 is 15.2 Å². The van der Waals surface area contributed by atoms with E-state index in [0.29, 0.717) is 18.8 Å². The predicted molar refractivity (Wildman–Crippen MR) is 66.1 cm³/mol. The molecule has 0 fully saturated rings. The average Bonchev–Trinajstić information content (AvgIpc) is 2.38. The van der Waals surface area contributed by atoms with Crippen LogP contribution in [0.4, 0.5) is 0 Å². The minimum atomic E-state index is -0.476. The molecule has 1 rings (SSSR count). The summed E-state index contributed by atoms with van der Waals surface area (Å²) in [6, 6.07) is 7.33. The molecule has 0 aliphatic rings. The number of hydrogen-bond acceptors (Lipinski definition) is 4. The molecule has 4 heteroatoms. The molecule has 0 saturated carbocycles. The molecule has 1 aromatic carbocycles. The van der Waals surface area contributed by atoms with Gasteiger partial charge in [-0.2, -0.15) is 5.26 Å². The van der Waals surface area contributed by atoms with Gasteiger partial charge in [0.15, 0.2) is 11.5 Å². The van der Waals surface area contributed by atoms with Crippen LogP contribution in [-0.2, 0) is 6.42 Å². The van der Waals surface area contributed by atoms with Gasteiger partial charge in [0.1, 0.15) is 0 Å². The number of rotatable bonds is 6. The van der Waals surface area contributed by atoms with E-state index in [9.17, 15) is 0 Å². The molecule has 0 bridgehead atoms.